The molecule has 0 aromatic heterocycles. The maximum atomic E-state index is 12.3. The first-order valence-corrected chi connectivity index (χ1v) is 12.7. The van der Waals surface area contributed by atoms with E-state index in [0.717, 1.165) is 17.0 Å². The lowest BCUT2D eigenvalue weighted by Crippen LogP contribution is -2.47. The van der Waals surface area contributed by atoms with Gasteiger partial charge in [0.15, 0.2) is 0 Å². The van der Waals surface area contributed by atoms with E-state index in [1.165, 1.54) is 55.1 Å². The smallest absolute Gasteiger partial charge is 0.406 e. The molecule has 27 heavy (non-hydrogen) atoms. The monoisotopic (exact) mass is 392 g/mol. The molecular formula is C22H27F3OSi. The molecule has 0 bridgehead atoms. The van der Waals surface area contributed by atoms with E-state index in [1.807, 2.05) is 0 Å². The van der Waals surface area contributed by atoms with Crippen LogP contribution in [-0.4, -0.2) is 14.4 Å². The highest BCUT2D eigenvalue weighted by Crippen LogP contribution is 2.35. The Balaban J connectivity index is 1.68. The molecule has 1 aliphatic rings. The van der Waals surface area contributed by atoms with Gasteiger partial charge >= 0.3 is 6.36 Å². The number of hydrogen-bond donors (Lipinski definition) is 0. The number of benzene rings is 2. The molecule has 0 radical (unpaired) electrons. The summed E-state index contributed by atoms with van der Waals surface area (Å²) in [5.74, 6) is 0.721. The van der Waals surface area contributed by atoms with E-state index in [-0.39, 0.29) is 5.75 Å². The normalized spacial score (nSPS) is 23.2. The van der Waals surface area contributed by atoms with Crippen LogP contribution in [0.2, 0.25) is 18.6 Å². The molecule has 146 valence electrons. The fourth-order valence-electron chi connectivity index (χ4n) is 4.21. The molecule has 1 saturated heterocycles. The van der Waals surface area contributed by atoms with Crippen LogP contribution in [0.4, 0.5) is 13.2 Å². The van der Waals surface area contributed by atoms with Crippen molar-refractivity contribution in [3.05, 3.63) is 48.5 Å². The zero-order valence-corrected chi connectivity index (χ0v) is 17.0. The van der Waals surface area contributed by atoms with Crippen LogP contribution in [-0.2, 0) is 0 Å². The highest BCUT2D eigenvalue weighted by atomic mass is 28.3. The first-order chi connectivity index (χ1) is 12.8. The fraction of sp³-hybridized carbons (Fsp3) is 0.455. The van der Waals surface area contributed by atoms with E-state index < -0.39 is 14.4 Å². The van der Waals surface area contributed by atoms with Crippen molar-refractivity contribution >= 4 is 13.3 Å². The molecule has 1 heterocycles. The number of alkyl halides is 3. The summed E-state index contributed by atoms with van der Waals surface area (Å²) in [6, 6.07) is 17.5. The molecule has 3 rings (SSSR count). The average Bonchev–Trinajstić information content (AvgIpc) is 2.63. The van der Waals surface area contributed by atoms with Crippen molar-refractivity contribution in [2.24, 2.45) is 5.92 Å². The second-order valence-electron chi connectivity index (χ2n) is 7.94. The van der Waals surface area contributed by atoms with Gasteiger partial charge in [-0.25, -0.2) is 0 Å². The number of ether oxygens (including phenoxy) is 1. The molecule has 1 aliphatic heterocycles. The van der Waals surface area contributed by atoms with Gasteiger partial charge in [-0.15, -0.1) is 13.2 Å². The van der Waals surface area contributed by atoms with E-state index in [1.54, 1.807) is 12.1 Å². The third-order valence-electron chi connectivity index (χ3n) is 5.91. The minimum absolute atomic E-state index is 0.188. The van der Waals surface area contributed by atoms with E-state index in [0.29, 0.717) is 0 Å². The first-order valence-electron chi connectivity index (χ1n) is 9.76. The van der Waals surface area contributed by atoms with Gasteiger partial charge in [-0.1, -0.05) is 92.8 Å². The highest BCUT2D eigenvalue weighted by molar-refractivity contribution is 6.91. The summed E-state index contributed by atoms with van der Waals surface area (Å²) in [4.78, 5) is 0. The van der Waals surface area contributed by atoms with Gasteiger partial charge in [0.25, 0.3) is 0 Å². The van der Waals surface area contributed by atoms with E-state index in [4.69, 9.17) is 0 Å². The van der Waals surface area contributed by atoms with Gasteiger partial charge in [-0.2, -0.15) is 0 Å². The Hall–Kier alpha value is -1.75. The Labute approximate surface area is 160 Å². The summed E-state index contributed by atoms with van der Waals surface area (Å²) in [5, 5.41) is 1.50. The molecule has 0 atom stereocenters. The Morgan fingerprint density at radius 2 is 1.44 bits per heavy atom. The Kier molecular flexibility index (Phi) is 5.99. The summed E-state index contributed by atoms with van der Waals surface area (Å²) in [5.41, 5.74) is 1.92. The summed E-state index contributed by atoms with van der Waals surface area (Å²) in [6.45, 7) is 4.76. The molecule has 0 aliphatic carbocycles. The van der Waals surface area contributed by atoms with Crippen LogP contribution in [0.15, 0.2) is 48.5 Å². The van der Waals surface area contributed by atoms with Crippen LogP contribution in [0.25, 0.3) is 11.1 Å². The van der Waals surface area contributed by atoms with Gasteiger partial charge in [0.2, 0.25) is 0 Å². The quantitative estimate of drug-likeness (QED) is 0.512. The average molecular weight is 393 g/mol. The van der Waals surface area contributed by atoms with Crippen LogP contribution in [0.1, 0.15) is 32.6 Å². The van der Waals surface area contributed by atoms with E-state index in [9.17, 15) is 13.2 Å². The molecule has 0 amide bonds. The maximum absolute atomic E-state index is 12.3. The zero-order chi connectivity index (χ0) is 19.5. The standard InChI is InChI=1S/C22H27F3OSi/c1-3-4-17-13-15-27(2,16-14-17)21-11-7-19(8-12-21)18-5-9-20(10-6-18)26-22(23,24)25/h5-12,17H,3-4,13-16H2,1-2H3. The van der Waals surface area contributed by atoms with Gasteiger partial charge in [0, 0.05) is 0 Å². The van der Waals surface area contributed by atoms with Crippen molar-refractivity contribution in [3.8, 4) is 16.9 Å². The lowest BCUT2D eigenvalue weighted by Gasteiger charge is -2.36. The van der Waals surface area contributed by atoms with Gasteiger partial charge in [-0.05, 0) is 29.2 Å². The molecule has 0 N–H and O–H groups in total. The Morgan fingerprint density at radius 3 is 1.93 bits per heavy atom. The molecule has 2 aromatic carbocycles. The molecule has 0 unspecified atom stereocenters. The highest BCUT2D eigenvalue weighted by Gasteiger charge is 2.34. The van der Waals surface area contributed by atoms with Crippen LogP contribution in [0, 0.1) is 5.92 Å². The number of hydrogen-bond acceptors (Lipinski definition) is 1. The molecular weight excluding hydrogens is 365 g/mol. The Bertz CT molecular complexity index is 730. The van der Waals surface area contributed by atoms with Gasteiger partial charge < -0.3 is 4.74 Å². The van der Waals surface area contributed by atoms with Crippen molar-refractivity contribution < 1.29 is 17.9 Å². The summed E-state index contributed by atoms with van der Waals surface area (Å²) >= 11 is 0. The summed E-state index contributed by atoms with van der Waals surface area (Å²) < 4.78 is 40.7. The second-order valence-corrected chi connectivity index (χ2v) is 12.6. The molecule has 2 aromatic rings. The lowest BCUT2D eigenvalue weighted by molar-refractivity contribution is -0.274. The maximum Gasteiger partial charge on any atom is 0.573 e. The van der Waals surface area contributed by atoms with Crippen LogP contribution >= 0.6 is 0 Å². The molecule has 5 heteroatoms. The molecule has 0 saturated carbocycles. The van der Waals surface area contributed by atoms with Crippen molar-refractivity contribution in [3.63, 3.8) is 0 Å². The zero-order valence-electron chi connectivity index (χ0n) is 16.0. The van der Waals surface area contributed by atoms with Crippen LogP contribution in [0.5, 0.6) is 5.75 Å². The first kappa shape index (κ1) is 20.0. The topological polar surface area (TPSA) is 9.23 Å². The minimum Gasteiger partial charge on any atom is -0.406 e. The van der Waals surface area contributed by atoms with Gasteiger partial charge in [0.05, 0.1) is 8.07 Å². The third-order valence-corrected chi connectivity index (χ3v) is 10.4. The van der Waals surface area contributed by atoms with E-state index >= 15 is 0 Å². The molecule has 1 fully saturated rings. The minimum atomic E-state index is -4.65. The largest absolute Gasteiger partial charge is 0.573 e. The van der Waals surface area contributed by atoms with Crippen molar-refractivity contribution in [2.45, 2.75) is 57.6 Å². The fourth-order valence-corrected chi connectivity index (χ4v) is 8.10. The van der Waals surface area contributed by atoms with E-state index in [2.05, 4.69) is 42.5 Å². The SMILES string of the molecule is CCCC1CC[Si](C)(c2ccc(-c3ccc(OC(F)(F)F)cc3)cc2)CC1. The molecule has 0 spiro atoms. The predicted octanol–water partition coefficient (Wildman–Crippen LogP) is 6.75. The second kappa shape index (κ2) is 8.09. The predicted molar refractivity (Wildman–Crippen MR) is 107 cm³/mol. The van der Waals surface area contributed by atoms with Crippen molar-refractivity contribution in [2.75, 3.05) is 0 Å². The van der Waals surface area contributed by atoms with Crippen LogP contribution < -0.4 is 9.92 Å². The summed E-state index contributed by atoms with van der Waals surface area (Å²) in [6.07, 6.45) is 0.708. The Morgan fingerprint density at radius 1 is 0.926 bits per heavy atom. The van der Waals surface area contributed by atoms with Gasteiger partial charge in [0.1, 0.15) is 5.75 Å². The third kappa shape index (κ3) is 5.16. The van der Waals surface area contributed by atoms with Crippen LogP contribution in [0.3, 0.4) is 0 Å². The number of rotatable bonds is 5. The van der Waals surface area contributed by atoms with Gasteiger partial charge in [-0.3, -0.25) is 0 Å². The molecule has 1 nitrogen and oxygen atoms in total. The summed E-state index contributed by atoms with van der Waals surface area (Å²) in [7, 11) is -1.39. The van der Waals surface area contributed by atoms with Crippen molar-refractivity contribution in [1.29, 1.82) is 0 Å². The lowest BCUT2D eigenvalue weighted by atomic mass is 9.97. The number of halogens is 3. The van der Waals surface area contributed by atoms with Crippen molar-refractivity contribution in [1.82, 2.24) is 0 Å².